The first kappa shape index (κ1) is 20.5. The molecule has 1 heterocycles. The molecular weight excluding hydrogens is 376 g/mol. The minimum atomic E-state index is -0.645. The first-order valence-corrected chi connectivity index (χ1v) is 9.30. The van der Waals surface area contributed by atoms with Crippen molar-refractivity contribution in [1.82, 2.24) is 0 Å². The number of methoxy groups -OCH3 is 1. The van der Waals surface area contributed by atoms with Crippen molar-refractivity contribution in [3.05, 3.63) is 48.5 Å². The first-order chi connectivity index (χ1) is 14.2. The second kappa shape index (κ2) is 10.3. The van der Waals surface area contributed by atoms with Crippen LogP contribution in [0.4, 0.5) is 11.4 Å². The fourth-order valence-corrected chi connectivity index (χ4v) is 2.84. The molecule has 1 saturated heterocycles. The molecule has 1 aliphatic rings. The van der Waals surface area contributed by atoms with Gasteiger partial charge in [-0.05, 0) is 36.4 Å². The molecule has 0 unspecified atom stereocenters. The van der Waals surface area contributed by atoms with Crippen molar-refractivity contribution in [2.45, 2.75) is 0 Å². The summed E-state index contributed by atoms with van der Waals surface area (Å²) in [6.07, 6.45) is 0. The van der Waals surface area contributed by atoms with Gasteiger partial charge >= 0.3 is 5.97 Å². The summed E-state index contributed by atoms with van der Waals surface area (Å²) in [6, 6.07) is 14.5. The van der Waals surface area contributed by atoms with Crippen molar-refractivity contribution in [2.75, 3.05) is 56.8 Å². The van der Waals surface area contributed by atoms with Crippen molar-refractivity contribution in [1.29, 1.82) is 0 Å². The van der Waals surface area contributed by atoms with Crippen LogP contribution in [0.25, 0.3) is 0 Å². The van der Waals surface area contributed by atoms with Crippen LogP contribution in [0, 0.1) is 0 Å². The molecule has 3 rings (SSSR count). The lowest BCUT2D eigenvalue weighted by Gasteiger charge is -2.28. The van der Waals surface area contributed by atoms with Crippen LogP contribution in [0.1, 0.15) is 0 Å². The molecule has 0 saturated carbocycles. The molecule has 2 aromatic rings. The summed E-state index contributed by atoms with van der Waals surface area (Å²) in [6.45, 7) is 2.41. The Morgan fingerprint density at radius 2 is 1.69 bits per heavy atom. The van der Waals surface area contributed by atoms with E-state index in [0.29, 0.717) is 30.4 Å². The number of rotatable bonds is 8. The van der Waals surface area contributed by atoms with E-state index in [1.807, 2.05) is 24.3 Å². The highest BCUT2D eigenvalue weighted by molar-refractivity contribution is 5.93. The van der Waals surface area contributed by atoms with E-state index in [2.05, 4.69) is 10.2 Å². The molecule has 1 N–H and O–H groups in total. The molecule has 0 radical (unpaired) electrons. The molecule has 2 aromatic carbocycles. The normalized spacial score (nSPS) is 13.5. The Morgan fingerprint density at radius 3 is 2.38 bits per heavy atom. The maximum atomic E-state index is 12.0. The number of esters is 1. The number of hydrogen-bond donors (Lipinski definition) is 1. The second-order valence-corrected chi connectivity index (χ2v) is 6.29. The topological polar surface area (TPSA) is 86.3 Å². The molecule has 0 atom stereocenters. The number of amides is 1. The number of carbonyl (C=O) groups is 2. The largest absolute Gasteiger partial charge is 0.493 e. The Kier molecular flexibility index (Phi) is 7.29. The Morgan fingerprint density at radius 1 is 1.00 bits per heavy atom. The number of morpholine rings is 1. The number of ether oxygens (including phenoxy) is 4. The van der Waals surface area contributed by atoms with Gasteiger partial charge in [0.25, 0.3) is 5.91 Å². The zero-order chi connectivity index (χ0) is 20.5. The van der Waals surface area contributed by atoms with Gasteiger partial charge in [-0.1, -0.05) is 12.1 Å². The molecule has 1 fully saturated rings. The molecule has 0 bridgehead atoms. The molecular formula is C21H24N2O6. The zero-order valence-corrected chi connectivity index (χ0v) is 16.3. The predicted octanol–water partition coefficient (Wildman–Crippen LogP) is 2.09. The summed E-state index contributed by atoms with van der Waals surface area (Å²) >= 11 is 0. The number of benzene rings is 2. The van der Waals surface area contributed by atoms with Crippen molar-refractivity contribution in [3.63, 3.8) is 0 Å². The zero-order valence-electron chi connectivity index (χ0n) is 16.3. The van der Waals surface area contributed by atoms with Crippen LogP contribution in [0.3, 0.4) is 0 Å². The van der Waals surface area contributed by atoms with Gasteiger partial charge in [0.15, 0.2) is 24.7 Å². The van der Waals surface area contributed by atoms with Crippen molar-refractivity contribution < 1.29 is 28.5 Å². The Labute approximate surface area is 169 Å². The minimum Gasteiger partial charge on any atom is -0.493 e. The summed E-state index contributed by atoms with van der Waals surface area (Å²) < 4.78 is 20.8. The van der Waals surface area contributed by atoms with E-state index in [4.69, 9.17) is 18.9 Å². The van der Waals surface area contributed by atoms with E-state index in [1.165, 1.54) is 7.11 Å². The molecule has 1 amide bonds. The van der Waals surface area contributed by atoms with Gasteiger partial charge in [-0.15, -0.1) is 0 Å². The number of hydrogen-bond acceptors (Lipinski definition) is 7. The van der Waals surface area contributed by atoms with E-state index in [1.54, 1.807) is 24.3 Å². The lowest BCUT2D eigenvalue weighted by molar-refractivity contribution is -0.149. The van der Waals surface area contributed by atoms with E-state index in [-0.39, 0.29) is 13.2 Å². The van der Waals surface area contributed by atoms with Crippen molar-refractivity contribution >= 4 is 23.3 Å². The number of anilines is 2. The predicted molar refractivity (Wildman–Crippen MR) is 108 cm³/mol. The summed E-state index contributed by atoms with van der Waals surface area (Å²) in [7, 11) is 1.51. The standard InChI is InChI=1S/C21H24N2O6/c1-26-18-4-2-3-5-19(18)28-15-21(25)29-14-20(24)22-16-6-8-17(9-7-16)23-10-12-27-13-11-23/h2-9H,10-15H2,1H3,(H,22,24). The third kappa shape index (κ3) is 6.11. The number of nitrogens with zero attached hydrogens (tertiary/aromatic N) is 1. The third-order valence-electron chi connectivity index (χ3n) is 4.31. The second-order valence-electron chi connectivity index (χ2n) is 6.29. The van der Waals surface area contributed by atoms with Gasteiger partial charge in [0.2, 0.25) is 0 Å². The van der Waals surface area contributed by atoms with Gasteiger partial charge < -0.3 is 29.2 Å². The molecule has 0 aliphatic carbocycles. The highest BCUT2D eigenvalue weighted by atomic mass is 16.6. The fraction of sp³-hybridized carbons (Fsp3) is 0.333. The Bertz CT molecular complexity index is 818. The molecule has 8 heteroatoms. The number of nitrogens with one attached hydrogen (secondary N) is 1. The summed E-state index contributed by atoms with van der Waals surface area (Å²) in [4.78, 5) is 26.0. The first-order valence-electron chi connectivity index (χ1n) is 9.30. The SMILES string of the molecule is COc1ccccc1OCC(=O)OCC(=O)Nc1ccc(N2CCOCC2)cc1. The van der Waals surface area contributed by atoms with Crippen LogP contribution in [-0.2, 0) is 19.1 Å². The smallest absolute Gasteiger partial charge is 0.344 e. The third-order valence-corrected chi connectivity index (χ3v) is 4.31. The van der Waals surface area contributed by atoms with E-state index in [0.717, 1.165) is 18.8 Å². The van der Waals surface area contributed by atoms with Gasteiger partial charge in [-0.3, -0.25) is 4.79 Å². The van der Waals surface area contributed by atoms with E-state index in [9.17, 15) is 9.59 Å². The van der Waals surface area contributed by atoms with Crippen LogP contribution in [0.15, 0.2) is 48.5 Å². The quantitative estimate of drug-likeness (QED) is 0.679. The Balaban J connectivity index is 1.40. The lowest BCUT2D eigenvalue weighted by Crippen LogP contribution is -2.36. The summed E-state index contributed by atoms with van der Waals surface area (Å²) in [5, 5.41) is 2.70. The molecule has 8 nitrogen and oxygen atoms in total. The van der Waals surface area contributed by atoms with Gasteiger partial charge in [0.05, 0.1) is 20.3 Å². The van der Waals surface area contributed by atoms with Gasteiger partial charge in [0, 0.05) is 24.5 Å². The maximum Gasteiger partial charge on any atom is 0.344 e. The van der Waals surface area contributed by atoms with Crippen LogP contribution >= 0.6 is 0 Å². The number of para-hydroxylation sites is 2. The lowest BCUT2D eigenvalue weighted by atomic mass is 10.2. The van der Waals surface area contributed by atoms with Gasteiger partial charge in [0.1, 0.15) is 0 Å². The van der Waals surface area contributed by atoms with Crippen LogP contribution in [0.2, 0.25) is 0 Å². The van der Waals surface area contributed by atoms with E-state index >= 15 is 0 Å². The van der Waals surface area contributed by atoms with Crippen molar-refractivity contribution in [3.8, 4) is 11.5 Å². The monoisotopic (exact) mass is 400 g/mol. The van der Waals surface area contributed by atoms with Crippen LogP contribution in [0.5, 0.6) is 11.5 Å². The van der Waals surface area contributed by atoms with E-state index < -0.39 is 11.9 Å². The fourth-order valence-electron chi connectivity index (χ4n) is 2.84. The Hall–Kier alpha value is -3.26. The molecule has 0 aromatic heterocycles. The minimum absolute atomic E-state index is 0.318. The highest BCUT2D eigenvalue weighted by Gasteiger charge is 2.13. The number of carbonyl (C=O) groups excluding carboxylic acids is 2. The van der Waals surface area contributed by atoms with Gasteiger partial charge in [-0.2, -0.15) is 0 Å². The molecule has 0 spiro atoms. The highest BCUT2D eigenvalue weighted by Crippen LogP contribution is 2.25. The molecule has 154 valence electrons. The molecule has 1 aliphatic heterocycles. The average molecular weight is 400 g/mol. The van der Waals surface area contributed by atoms with Crippen molar-refractivity contribution in [2.24, 2.45) is 0 Å². The maximum absolute atomic E-state index is 12.0. The summed E-state index contributed by atoms with van der Waals surface area (Å²) in [5.41, 5.74) is 1.71. The van der Waals surface area contributed by atoms with Gasteiger partial charge in [-0.25, -0.2) is 4.79 Å². The molecule has 29 heavy (non-hydrogen) atoms. The van der Waals surface area contributed by atoms with Crippen LogP contribution in [-0.4, -0.2) is 58.5 Å². The van der Waals surface area contributed by atoms with Crippen LogP contribution < -0.4 is 19.7 Å². The average Bonchev–Trinajstić information content (AvgIpc) is 2.77. The summed E-state index contributed by atoms with van der Waals surface area (Å²) in [5.74, 6) is -0.126.